The van der Waals surface area contributed by atoms with E-state index < -0.39 is 0 Å². The maximum atomic E-state index is 6.17. The summed E-state index contributed by atoms with van der Waals surface area (Å²) in [5.41, 5.74) is 1.19. The Bertz CT molecular complexity index is 706. The van der Waals surface area contributed by atoms with E-state index in [0.29, 0.717) is 30.8 Å². The van der Waals surface area contributed by atoms with Crippen molar-refractivity contribution in [1.29, 1.82) is 0 Å². The van der Waals surface area contributed by atoms with Crippen LogP contribution >= 0.6 is 11.6 Å². The number of aromatic nitrogens is 2. The molecule has 26 heavy (non-hydrogen) atoms. The second kappa shape index (κ2) is 8.95. The lowest BCUT2D eigenvalue weighted by Gasteiger charge is -2.35. The van der Waals surface area contributed by atoms with E-state index in [4.69, 9.17) is 20.9 Å². The first-order valence-corrected chi connectivity index (χ1v) is 9.55. The third-order valence-corrected chi connectivity index (χ3v) is 4.69. The van der Waals surface area contributed by atoms with Gasteiger partial charge < -0.3 is 14.6 Å². The second-order valence-electron chi connectivity index (χ2n) is 7.16. The first kappa shape index (κ1) is 19.3. The molecular formula is C19H27ClN4O2. The Labute approximate surface area is 159 Å². The van der Waals surface area contributed by atoms with Gasteiger partial charge in [0.05, 0.1) is 6.54 Å². The molecule has 1 N–H and O–H groups in total. The molecule has 0 spiro atoms. The fraction of sp³-hybridized carbons (Fsp3) is 0.579. The number of hydrogen-bond acceptors (Lipinski definition) is 6. The Kier molecular flexibility index (Phi) is 6.64. The molecule has 1 saturated heterocycles. The topological polar surface area (TPSA) is 63.4 Å². The Morgan fingerprint density at radius 2 is 2.23 bits per heavy atom. The van der Waals surface area contributed by atoms with Crippen LogP contribution in [0.1, 0.15) is 50.2 Å². The van der Waals surface area contributed by atoms with Crippen LogP contribution in [0.4, 0.5) is 0 Å². The van der Waals surface area contributed by atoms with Crippen molar-refractivity contribution < 1.29 is 9.26 Å². The maximum absolute atomic E-state index is 6.17. The molecule has 1 fully saturated rings. The summed E-state index contributed by atoms with van der Waals surface area (Å²) in [6.07, 6.45) is -0.165. The van der Waals surface area contributed by atoms with Crippen LogP contribution in [0.2, 0.25) is 5.02 Å². The Morgan fingerprint density at radius 1 is 1.38 bits per heavy atom. The Morgan fingerprint density at radius 3 is 3.00 bits per heavy atom. The number of halogens is 1. The van der Waals surface area contributed by atoms with Crippen LogP contribution in [0.25, 0.3) is 0 Å². The molecule has 3 rings (SSSR count). The first-order valence-electron chi connectivity index (χ1n) is 9.17. The standard InChI is InChI=1S/C19H27ClN4O2/c1-13(2)12-25-14(3)19-22-18(26-23-19)11-24-8-7-21-10-17(24)15-5-4-6-16(20)9-15/h4-6,9,13-14,17,21H,7-8,10-12H2,1-3H3. The van der Waals surface area contributed by atoms with E-state index in [9.17, 15) is 0 Å². The number of ether oxygens (including phenoxy) is 1. The Hall–Kier alpha value is -1.47. The lowest BCUT2D eigenvalue weighted by atomic mass is 10.0. The van der Waals surface area contributed by atoms with E-state index in [0.717, 1.165) is 24.7 Å². The summed E-state index contributed by atoms with van der Waals surface area (Å²) in [6, 6.07) is 8.25. The molecule has 142 valence electrons. The zero-order valence-corrected chi connectivity index (χ0v) is 16.4. The molecule has 2 atom stereocenters. The van der Waals surface area contributed by atoms with Gasteiger partial charge in [0, 0.05) is 37.3 Å². The van der Waals surface area contributed by atoms with Crippen molar-refractivity contribution >= 4 is 11.6 Å². The van der Waals surface area contributed by atoms with Crippen molar-refractivity contribution in [3.63, 3.8) is 0 Å². The maximum Gasteiger partial charge on any atom is 0.240 e. The van der Waals surface area contributed by atoms with E-state index in [-0.39, 0.29) is 12.1 Å². The van der Waals surface area contributed by atoms with Gasteiger partial charge in [-0.15, -0.1) is 0 Å². The van der Waals surface area contributed by atoms with Gasteiger partial charge in [0.25, 0.3) is 0 Å². The van der Waals surface area contributed by atoms with Gasteiger partial charge in [0.1, 0.15) is 6.10 Å². The van der Waals surface area contributed by atoms with Gasteiger partial charge in [-0.2, -0.15) is 4.98 Å². The van der Waals surface area contributed by atoms with Gasteiger partial charge in [0.2, 0.25) is 5.89 Å². The molecule has 0 amide bonds. The average molecular weight is 379 g/mol. The number of piperazine rings is 1. The van der Waals surface area contributed by atoms with Crippen LogP contribution in [0.5, 0.6) is 0 Å². The fourth-order valence-corrected chi connectivity index (χ4v) is 3.26. The molecular weight excluding hydrogens is 352 g/mol. The smallest absolute Gasteiger partial charge is 0.240 e. The Balaban J connectivity index is 1.67. The van der Waals surface area contributed by atoms with E-state index in [2.05, 4.69) is 40.3 Å². The van der Waals surface area contributed by atoms with Crippen molar-refractivity contribution in [1.82, 2.24) is 20.4 Å². The zero-order valence-electron chi connectivity index (χ0n) is 15.6. The summed E-state index contributed by atoms with van der Waals surface area (Å²) < 4.78 is 11.2. The van der Waals surface area contributed by atoms with Crippen LogP contribution in [-0.2, 0) is 11.3 Å². The highest BCUT2D eigenvalue weighted by molar-refractivity contribution is 6.30. The van der Waals surface area contributed by atoms with Crippen molar-refractivity contribution in [2.45, 2.75) is 39.5 Å². The number of benzene rings is 1. The van der Waals surface area contributed by atoms with Gasteiger partial charge in [-0.1, -0.05) is 42.7 Å². The number of nitrogens with zero attached hydrogens (tertiary/aromatic N) is 3. The lowest BCUT2D eigenvalue weighted by molar-refractivity contribution is 0.0402. The lowest BCUT2D eigenvalue weighted by Crippen LogP contribution is -2.45. The summed E-state index contributed by atoms with van der Waals surface area (Å²) in [6.45, 7) is 10.2. The van der Waals surface area contributed by atoms with Gasteiger partial charge >= 0.3 is 0 Å². The molecule has 1 aliphatic heterocycles. The summed E-state index contributed by atoms with van der Waals surface area (Å²) in [5, 5.41) is 8.30. The normalized spacial score (nSPS) is 19.8. The molecule has 1 aliphatic rings. The van der Waals surface area contributed by atoms with Crippen molar-refractivity contribution in [3.8, 4) is 0 Å². The minimum absolute atomic E-state index is 0.165. The fourth-order valence-electron chi connectivity index (χ4n) is 3.06. The highest BCUT2D eigenvalue weighted by Crippen LogP contribution is 2.26. The van der Waals surface area contributed by atoms with E-state index in [1.165, 1.54) is 5.56 Å². The SMILES string of the molecule is CC(C)COC(C)c1noc(CN2CCNCC2c2cccc(Cl)c2)n1. The van der Waals surface area contributed by atoms with Crippen molar-refractivity contribution in [2.75, 3.05) is 26.2 Å². The van der Waals surface area contributed by atoms with E-state index >= 15 is 0 Å². The van der Waals surface area contributed by atoms with Crippen molar-refractivity contribution in [3.05, 3.63) is 46.6 Å². The highest BCUT2D eigenvalue weighted by Gasteiger charge is 2.26. The first-order chi connectivity index (χ1) is 12.5. The third kappa shape index (κ3) is 5.04. The molecule has 2 heterocycles. The van der Waals surface area contributed by atoms with Crippen LogP contribution in [0, 0.1) is 5.92 Å². The minimum atomic E-state index is -0.165. The molecule has 2 aromatic rings. The molecule has 6 nitrogen and oxygen atoms in total. The number of hydrogen-bond donors (Lipinski definition) is 1. The summed E-state index contributed by atoms with van der Waals surface area (Å²) >= 11 is 6.17. The predicted octanol–water partition coefficient (Wildman–Crippen LogP) is 3.60. The monoisotopic (exact) mass is 378 g/mol. The van der Waals surface area contributed by atoms with Gasteiger partial charge in [-0.25, -0.2) is 0 Å². The molecule has 0 aliphatic carbocycles. The molecule has 1 aromatic heterocycles. The largest absolute Gasteiger partial charge is 0.370 e. The second-order valence-corrected chi connectivity index (χ2v) is 7.60. The predicted molar refractivity (Wildman–Crippen MR) is 101 cm³/mol. The third-order valence-electron chi connectivity index (χ3n) is 4.45. The van der Waals surface area contributed by atoms with Gasteiger partial charge in [0.15, 0.2) is 5.82 Å². The summed E-state index contributed by atoms with van der Waals surface area (Å²) in [7, 11) is 0. The molecule has 0 radical (unpaired) electrons. The average Bonchev–Trinajstić information content (AvgIpc) is 3.09. The summed E-state index contributed by atoms with van der Waals surface area (Å²) in [5.74, 6) is 1.70. The highest BCUT2D eigenvalue weighted by atomic mass is 35.5. The van der Waals surface area contributed by atoms with E-state index in [1.54, 1.807) is 0 Å². The van der Waals surface area contributed by atoms with Gasteiger partial charge in [-0.05, 0) is 30.5 Å². The minimum Gasteiger partial charge on any atom is -0.370 e. The van der Waals surface area contributed by atoms with Crippen LogP contribution in [0.15, 0.2) is 28.8 Å². The molecule has 1 aromatic carbocycles. The number of nitrogens with one attached hydrogen (secondary N) is 1. The summed E-state index contributed by atoms with van der Waals surface area (Å²) in [4.78, 5) is 6.88. The zero-order chi connectivity index (χ0) is 18.5. The quantitative estimate of drug-likeness (QED) is 0.794. The van der Waals surface area contributed by atoms with Gasteiger partial charge in [-0.3, -0.25) is 4.90 Å². The van der Waals surface area contributed by atoms with E-state index in [1.807, 2.05) is 25.1 Å². The van der Waals surface area contributed by atoms with Crippen LogP contribution in [0.3, 0.4) is 0 Å². The van der Waals surface area contributed by atoms with Crippen molar-refractivity contribution in [2.24, 2.45) is 5.92 Å². The molecule has 0 bridgehead atoms. The molecule has 7 heteroatoms. The molecule has 0 saturated carbocycles. The van der Waals surface area contributed by atoms with Crippen LogP contribution in [-0.4, -0.2) is 41.3 Å². The number of rotatable bonds is 7. The molecule has 2 unspecified atom stereocenters. The van der Waals surface area contributed by atoms with Crippen LogP contribution < -0.4 is 5.32 Å².